The minimum absolute atomic E-state index is 0.0105. The number of hydrogen-bond acceptors (Lipinski definition) is 3. The highest BCUT2D eigenvalue weighted by molar-refractivity contribution is 7.12. The molecule has 3 heterocycles. The molecule has 2 N–H and O–H groups in total. The van der Waals surface area contributed by atoms with Crippen molar-refractivity contribution in [3.05, 3.63) is 94.3 Å². The van der Waals surface area contributed by atoms with E-state index in [0.29, 0.717) is 24.4 Å². The van der Waals surface area contributed by atoms with Gasteiger partial charge in [-0.25, -0.2) is 0 Å². The number of carbonyl (C=O) groups is 2. The van der Waals surface area contributed by atoms with Crippen molar-refractivity contribution >= 4 is 34.1 Å². The summed E-state index contributed by atoms with van der Waals surface area (Å²) in [5.41, 5.74) is 3.39. The lowest BCUT2D eigenvalue weighted by Crippen LogP contribution is -2.52. The molecule has 1 saturated heterocycles. The van der Waals surface area contributed by atoms with E-state index >= 15 is 0 Å². The third kappa shape index (κ3) is 4.44. The van der Waals surface area contributed by atoms with Gasteiger partial charge in [-0.15, -0.1) is 11.3 Å². The molecule has 0 spiro atoms. The van der Waals surface area contributed by atoms with E-state index in [2.05, 4.69) is 34.6 Å². The van der Waals surface area contributed by atoms with Crippen LogP contribution >= 0.6 is 11.3 Å². The van der Waals surface area contributed by atoms with Crippen LogP contribution in [0.3, 0.4) is 0 Å². The molecule has 1 fully saturated rings. The summed E-state index contributed by atoms with van der Waals surface area (Å²) in [5.74, 6) is -0.0993. The number of aromatic amines is 1. The second kappa shape index (κ2) is 9.63. The fourth-order valence-electron chi connectivity index (χ4n) is 4.78. The number of aromatic nitrogens is 1. The Morgan fingerprint density at radius 3 is 2.67 bits per heavy atom. The van der Waals surface area contributed by atoms with Crippen molar-refractivity contribution in [3.63, 3.8) is 0 Å². The molecule has 0 radical (unpaired) electrons. The molecule has 1 aliphatic rings. The molecule has 168 valence electrons. The molecular formula is C27H27N3O2S. The first-order valence-electron chi connectivity index (χ1n) is 11.5. The zero-order valence-corrected chi connectivity index (χ0v) is 19.2. The Balaban J connectivity index is 1.37. The van der Waals surface area contributed by atoms with E-state index in [0.717, 1.165) is 34.9 Å². The van der Waals surface area contributed by atoms with Gasteiger partial charge in [0.1, 0.15) is 6.04 Å². The summed E-state index contributed by atoms with van der Waals surface area (Å²) in [6, 6.07) is 21.8. The summed E-state index contributed by atoms with van der Waals surface area (Å²) >= 11 is 1.43. The van der Waals surface area contributed by atoms with E-state index in [4.69, 9.17) is 0 Å². The lowest BCUT2D eigenvalue weighted by Gasteiger charge is -2.34. The third-order valence-corrected chi connectivity index (χ3v) is 7.34. The molecule has 0 unspecified atom stereocenters. The average Bonchev–Trinajstić information content (AvgIpc) is 3.55. The molecule has 6 heteroatoms. The summed E-state index contributed by atoms with van der Waals surface area (Å²) in [7, 11) is 0. The van der Waals surface area contributed by atoms with Crippen LogP contribution in [0.1, 0.15) is 46.0 Å². The number of amides is 2. The molecule has 1 aliphatic heterocycles. The largest absolute Gasteiger partial charge is 0.361 e. The maximum Gasteiger partial charge on any atom is 0.264 e. The van der Waals surface area contributed by atoms with E-state index in [9.17, 15) is 9.59 Å². The Morgan fingerprint density at radius 2 is 1.85 bits per heavy atom. The maximum absolute atomic E-state index is 13.3. The van der Waals surface area contributed by atoms with Crippen LogP contribution in [0.15, 0.2) is 78.3 Å². The van der Waals surface area contributed by atoms with Crippen molar-refractivity contribution in [2.45, 2.75) is 31.2 Å². The summed E-state index contributed by atoms with van der Waals surface area (Å²) in [5, 5.41) is 6.25. The highest BCUT2D eigenvalue weighted by atomic mass is 32.1. The van der Waals surface area contributed by atoms with Gasteiger partial charge in [0.2, 0.25) is 5.91 Å². The number of likely N-dealkylation sites (tertiary alicyclic amines) is 1. The van der Waals surface area contributed by atoms with Gasteiger partial charge < -0.3 is 15.2 Å². The molecule has 4 aromatic rings. The highest BCUT2D eigenvalue weighted by Gasteiger charge is 2.33. The van der Waals surface area contributed by atoms with Crippen LogP contribution in [0.4, 0.5) is 0 Å². The monoisotopic (exact) mass is 457 g/mol. The summed E-state index contributed by atoms with van der Waals surface area (Å²) in [6.07, 6.45) is 4.63. The number of piperidine rings is 1. The van der Waals surface area contributed by atoms with E-state index < -0.39 is 6.04 Å². The summed E-state index contributed by atoms with van der Waals surface area (Å²) < 4.78 is 0. The van der Waals surface area contributed by atoms with Crippen LogP contribution in [0.2, 0.25) is 0 Å². The number of fused-ring (bicyclic) bond motifs is 1. The van der Waals surface area contributed by atoms with Gasteiger partial charge in [0.15, 0.2) is 0 Å². The van der Waals surface area contributed by atoms with Gasteiger partial charge in [0.25, 0.3) is 5.91 Å². The second-order valence-electron chi connectivity index (χ2n) is 8.49. The lowest BCUT2D eigenvalue weighted by atomic mass is 9.90. The molecule has 0 saturated carbocycles. The van der Waals surface area contributed by atoms with Gasteiger partial charge in [-0.3, -0.25) is 9.59 Å². The number of carbonyl (C=O) groups excluding carboxylic acids is 2. The standard InChI is InChI=1S/C27H27N3O2S/c31-26(24-13-6-7-15-30(24)27(32)25-14-8-16-33-25)29-17-21(19-9-2-1-3-10-19)22-18-28-23-12-5-4-11-20(22)23/h1-5,8-12,14,16,18,21,24,28H,6-7,13,15,17H2,(H,29,31)/t21-,24+/m1/s1. The fraction of sp³-hybridized carbons (Fsp3) is 0.259. The minimum Gasteiger partial charge on any atom is -0.361 e. The SMILES string of the molecule is O=C(NC[C@H](c1ccccc1)c1c[nH]c2ccccc12)[C@@H]1CCCCN1C(=O)c1cccs1. The Kier molecular flexibility index (Phi) is 6.26. The van der Waals surface area contributed by atoms with E-state index in [1.807, 2.05) is 54.0 Å². The zero-order valence-electron chi connectivity index (χ0n) is 18.4. The first-order valence-corrected chi connectivity index (χ1v) is 12.3. The molecule has 0 aliphatic carbocycles. The number of para-hydroxylation sites is 1. The number of thiophene rings is 1. The average molecular weight is 458 g/mol. The number of benzene rings is 2. The number of H-pyrrole nitrogens is 1. The van der Waals surface area contributed by atoms with Crippen LogP contribution < -0.4 is 5.32 Å². The Morgan fingerprint density at radius 1 is 1.03 bits per heavy atom. The predicted octanol–water partition coefficient (Wildman–Crippen LogP) is 5.17. The van der Waals surface area contributed by atoms with Crippen molar-refractivity contribution in [1.29, 1.82) is 0 Å². The zero-order chi connectivity index (χ0) is 22.6. The number of nitrogens with zero attached hydrogens (tertiary/aromatic N) is 1. The molecule has 33 heavy (non-hydrogen) atoms. The molecule has 0 bridgehead atoms. The van der Waals surface area contributed by atoms with Crippen LogP contribution in [0, 0.1) is 0 Å². The van der Waals surface area contributed by atoms with Gasteiger partial charge in [-0.2, -0.15) is 0 Å². The van der Waals surface area contributed by atoms with Crippen LogP contribution in [-0.2, 0) is 4.79 Å². The molecular weight excluding hydrogens is 430 g/mol. The smallest absolute Gasteiger partial charge is 0.264 e. The van der Waals surface area contributed by atoms with Gasteiger partial charge in [0, 0.05) is 36.1 Å². The van der Waals surface area contributed by atoms with Crippen molar-refractivity contribution < 1.29 is 9.59 Å². The second-order valence-corrected chi connectivity index (χ2v) is 9.43. The molecule has 5 nitrogen and oxygen atoms in total. The Labute approximate surface area is 197 Å². The summed E-state index contributed by atoms with van der Waals surface area (Å²) in [4.78, 5) is 32.2. The van der Waals surface area contributed by atoms with Crippen molar-refractivity contribution in [2.75, 3.05) is 13.1 Å². The van der Waals surface area contributed by atoms with Crippen molar-refractivity contribution in [3.8, 4) is 0 Å². The summed E-state index contributed by atoms with van der Waals surface area (Å²) in [6.45, 7) is 1.10. The molecule has 2 aromatic carbocycles. The number of rotatable bonds is 6. The van der Waals surface area contributed by atoms with Gasteiger partial charge in [-0.05, 0) is 47.9 Å². The first kappa shape index (κ1) is 21.5. The minimum atomic E-state index is -0.423. The third-order valence-electron chi connectivity index (χ3n) is 6.48. The maximum atomic E-state index is 13.3. The lowest BCUT2D eigenvalue weighted by molar-refractivity contribution is -0.126. The number of nitrogens with one attached hydrogen (secondary N) is 2. The normalized spacial score (nSPS) is 17.1. The Bertz CT molecular complexity index is 1230. The quantitative estimate of drug-likeness (QED) is 0.419. The van der Waals surface area contributed by atoms with E-state index in [1.165, 1.54) is 11.3 Å². The van der Waals surface area contributed by atoms with E-state index in [1.54, 1.807) is 4.90 Å². The van der Waals surface area contributed by atoms with Crippen LogP contribution in [-0.4, -0.2) is 40.8 Å². The van der Waals surface area contributed by atoms with Crippen molar-refractivity contribution in [1.82, 2.24) is 15.2 Å². The van der Waals surface area contributed by atoms with Crippen LogP contribution in [0.5, 0.6) is 0 Å². The molecule has 2 atom stereocenters. The van der Waals surface area contributed by atoms with Gasteiger partial charge in [-0.1, -0.05) is 54.6 Å². The molecule has 2 amide bonds. The topological polar surface area (TPSA) is 65.2 Å². The highest BCUT2D eigenvalue weighted by Crippen LogP contribution is 2.31. The van der Waals surface area contributed by atoms with Gasteiger partial charge >= 0.3 is 0 Å². The van der Waals surface area contributed by atoms with Crippen molar-refractivity contribution in [2.24, 2.45) is 0 Å². The Hall–Kier alpha value is -3.38. The van der Waals surface area contributed by atoms with E-state index in [-0.39, 0.29) is 17.7 Å². The number of hydrogen-bond donors (Lipinski definition) is 2. The molecule has 5 rings (SSSR count). The first-order chi connectivity index (χ1) is 16.2. The van der Waals surface area contributed by atoms with Gasteiger partial charge in [0.05, 0.1) is 4.88 Å². The molecule has 2 aromatic heterocycles. The predicted molar refractivity (Wildman–Crippen MR) is 133 cm³/mol. The fourth-order valence-corrected chi connectivity index (χ4v) is 5.46. The van der Waals surface area contributed by atoms with Crippen LogP contribution in [0.25, 0.3) is 10.9 Å².